The van der Waals surface area contributed by atoms with Crippen molar-refractivity contribution in [2.45, 2.75) is 123 Å². The van der Waals surface area contributed by atoms with Gasteiger partial charge in [0, 0.05) is 0 Å². The van der Waals surface area contributed by atoms with Crippen LogP contribution in [0.4, 0.5) is 0 Å². The van der Waals surface area contributed by atoms with E-state index in [9.17, 15) is 124 Å². The molecule has 4 rings (SSSR count). The van der Waals surface area contributed by atoms with Crippen LogP contribution >= 0.6 is 0 Å². The van der Waals surface area contributed by atoms with Crippen LogP contribution in [-0.4, -0.2) is 267 Å². The maximum atomic E-state index is 12.8. The summed E-state index contributed by atoms with van der Waals surface area (Å²) in [5.74, 6) is -4.55. The first kappa shape index (κ1) is 61.2. The van der Waals surface area contributed by atoms with Crippen LogP contribution in [0.3, 0.4) is 0 Å². The maximum Gasteiger partial charge on any atom is 0.397 e. The Morgan fingerprint density at radius 1 is 0.423 bits per heavy atom. The summed E-state index contributed by atoms with van der Waals surface area (Å²) in [7, 11) is -34.9. The highest BCUT2D eigenvalue weighted by Gasteiger charge is 2.60. The molecule has 4 fully saturated rings. The van der Waals surface area contributed by atoms with Crippen molar-refractivity contribution in [3.63, 3.8) is 0 Å². The number of carbonyl (C=O) groups is 2. The summed E-state index contributed by atoms with van der Waals surface area (Å²) in [6.07, 6.45) is -50.7. The van der Waals surface area contributed by atoms with E-state index in [2.05, 4.69) is 16.7 Å². The van der Waals surface area contributed by atoms with Gasteiger partial charge in [-0.25, -0.2) is 26.3 Å². The predicted octanol–water partition coefficient (Wildman–Crippen LogP) is -11.5. The fourth-order valence-corrected chi connectivity index (χ4v) is 9.67. The fourth-order valence-electron chi connectivity index (χ4n) is 6.87. The monoisotopic (exact) mass is 1170 g/mol. The number of carboxylic acid groups (broad SMARTS) is 2. The molecule has 1 unspecified atom stereocenters. The molecular weight excluding hydrogens is 1130 g/mol. The molecule has 0 amide bonds. The second kappa shape index (κ2) is 22.9. The molecule has 47 heteroatoms. The number of hydrogen-bond donors (Lipinski definition) is 16. The second-order valence-electron chi connectivity index (χ2n) is 14.5. The molecule has 41 nitrogen and oxygen atoms in total. The van der Waals surface area contributed by atoms with Gasteiger partial charge in [0.05, 0.1) is 13.2 Å². The van der Waals surface area contributed by atoms with Crippen molar-refractivity contribution >= 4 is 74.1 Å². The van der Waals surface area contributed by atoms with E-state index in [0.717, 1.165) is 4.72 Å². The highest BCUT2D eigenvalue weighted by atomic mass is 32.3. The summed E-state index contributed by atoms with van der Waals surface area (Å²) in [5.41, 5.74) is 0. The predicted molar refractivity (Wildman–Crippen MR) is 202 cm³/mol. The molecule has 0 aromatic carbocycles. The van der Waals surface area contributed by atoms with E-state index in [1.54, 1.807) is 0 Å². The number of carboxylic acids is 2. The second-order valence-corrected chi connectivity index (χ2v) is 21.2. The van der Waals surface area contributed by atoms with Gasteiger partial charge in [0.15, 0.2) is 43.5 Å². The Hall–Kier alpha value is -2.36. The highest BCUT2D eigenvalue weighted by Crippen LogP contribution is 2.37. The van der Waals surface area contributed by atoms with E-state index >= 15 is 0 Å². The number of nitrogens with one attached hydrogen (secondary N) is 2. The molecule has 0 aromatic rings. The number of aliphatic carboxylic acids is 2. The minimum absolute atomic E-state index is 1.15. The maximum absolute atomic E-state index is 12.8. The molecule has 0 bridgehead atoms. The van der Waals surface area contributed by atoms with Gasteiger partial charge in [0.1, 0.15) is 79.2 Å². The molecule has 20 atom stereocenters. The van der Waals surface area contributed by atoms with Crippen LogP contribution in [0.25, 0.3) is 0 Å². The van der Waals surface area contributed by atoms with Crippen molar-refractivity contribution < 1.29 is 178 Å². The molecule has 71 heavy (non-hydrogen) atoms. The zero-order chi connectivity index (χ0) is 54.3. The SMILES string of the molecule is O=C(O)[C@H]1O[C@@H](O[C@H]2[C@H](OS(=O)(=O)O)[C@@H](NS(=O)(=O)O)[C@@H](O[C@H]3[C@H](O)[C@@H](OS(=O)(=O)O)[C@H](O[C@H]4[C@H](O)[C@@H](NS(=O)(=O)O)C(O)O[C@@H]4COS(=O)(=O)O)O[C@H]3C(=O)O)O[C@@H]2COS(=O)(=O)O)[C@H](O)[C@@H](O)[C@@H]1O. The number of aliphatic hydroxyl groups is 6. The third kappa shape index (κ3) is 17.3. The molecule has 4 aliphatic rings. The van der Waals surface area contributed by atoms with Crippen LogP contribution < -0.4 is 9.44 Å². The summed E-state index contributed by atoms with van der Waals surface area (Å²) in [4.78, 5) is 24.5. The van der Waals surface area contributed by atoms with Gasteiger partial charge in [-0.05, 0) is 0 Å². The van der Waals surface area contributed by atoms with E-state index in [1.165, 1.54) is 4.72 Å². The molecule has 4 heterocycles. The standard InChI is InChI=1S/C24H40N2O39S6/c27-7-5(25-66(37,38)39)21(36)57-3(1-55-68(43,44)45)12(7)59-24-17(65-71(52,53)54)11(31)15(18(63-24)20(34)35)61-22-6(26-67(40,41)42)14(64-70(49,50)51)13(4(58-22)2-56-69(46,47)48)60-23-10(30)8(28)9(29)16(62-23)19(32)33/h3-18,21-31,36H,1-2H2,(H,32,33)(H,34,35)(H,37,38,39)(H,40,41,42)(H,43,44,45)(H,46,47,48)(H,49,50,51)(H,52,53,54)/t3-,4-,5-,6-,7-,8+,9+,10-,11+,12-,13-,14-,15+,16+,17-,18-,21?,22-,23-,24-/m1/s1. The first-order chi connectivity index (χ1) is 32.1. The highest BCUT2D eigenvalue weighted by molar-refractivity contribution is 7.84. The fraction of sp³-hybridized carbons (Fsp3) is 0.917. The van der Waals surface area contributed by atoms with Crippen molar-refractivity contribution in [2.24, 2.45) is 0 Å². The summed E-state index contributed by atoms with van der Waals surface area (Å²) in [6.45, 7) is -3.41. The molecule has 0 radical (unpaired) electrons. The zero-order valence-electron chi connectivity index (χ0n) is 33.9. The van der Waals surface area contributed by atoms with Crippen molar-refractivity contribution in [3.05, 3.63) is 0 Å². The molecule has 0 aromatic heterocycles. The first-order valence-corrected chi connectivity index (χ1v) is 26.6. The lowest BCUT2D eigenvalue weighted by molar-refractivity contribution is -0.367. The van der Waals surface area contributed by atoms with Gasteiger partial charge in [-0.15, -0.1) is 0 Å². The smallest absolute Gasteiger partial charge is 0.397 e. The lowest BCUT2D eigenvalue weighted by atomic mass is 9.94. The van der Waals surface area contributed by atoms with Crippen LogP contribution in [0.5, 0.6) is 0 Å². The Labute approximate surface area is 396 Å². The first-order valence-electron chi connectivity index (χ1n) is 18.2. The Morgan fingerprint density at radius 3 is 1.32 bits per heavy atom. The third-order valence-electron chi connectivity index (χ3n) is 9.59. The summed E-state index contributed by atoms with van der Waals surface area (Å²) in [6, 6.07) is -5.57. The van der Waals surface area contributed by atoms with Gasteiger partial charge < -0.3 is 74.0 Å². The van der Waals surface area contributed by atoms with E-state index < -0.39 is 210 Å². The Balaban J connectivity index is 1.86. The van der Waals surface area contributed by atoms with E-state index in [4.69, 9.17) is 37.7 Å². The van der Waals surface area contributed by atoms with Gasteiger partial charge in [0.2, 0.25) is 0 Å². The molecule has 4 saturated heterocycles. The lowest BCUT2D eigenvalue weighted by Gasteiger charge is -2.50. The van der Waals surface area contributed by atoms with Gasteiger partial charge >= 0.3 is 74.1 Å². The third-order valence-corrected chi connectivity index (χ3v) is 12.5. The van der Waals surface area contributed by atoms with Gasteiger partial charge in [-0.1, -0.05) is 0 Å². The van der Waals surface area contributed by atoms with Crippen molar-refractivity contribution in [2.75, 3.05) is 13.2 Å². The van der Waals surface area contributed by atoms with Crippen LogP contribution in [0.15, 0.2) is 0 Å². The lowest BCUT2D eigenvalue weighted by Crippen LogP contribution is -2.71. The van der Waals surface area contributed by atoms with Crippen molar-refractivity contribution in [1.29, 1.82) is 0 Å². The van der Waals surface area contributed by atoms with Crippen LogP contribution in [0, 0.1) is 0 Å². The topological polar surface area (TPSA) is 648 Å². The number of aliphatic hydroxyl groups excluding tert-OH is 6. The molecule has 416 valence electrons. The number of ether oxygens (including phenoxy) is 7. The van der Waals surface area contributed by atoms with Gasteiger partial charge in [-0.3, -0.25) is 27.3 Å². The van der Waals surface area contributed by atoms with E-state index in [1.807, 2.05) is 0 Å². The average Bonchev–Trinajstić information content (AvgIpc) is 3.17. The van der Waals surface area contributed by atoms with Gasteiger partial charge in [0.25, 0.3) is 0 Å². The van der Waals surface area contributed by atoms with Gasteiger partial charge in [-0.2, -0.15) is 60.0 Å². The molecule has 0 aliphatic carbocycles. The quantitative estimate of drug-likeness (QED) is 0.0448. The summed E-state index contributed by atoms with van der Waals surface area (Å²) in [5, 5.41) is 83.5. The summed E-state index contributed by atoms with van der Waals surface area (Å²) >= 11 is 0. The largest absolute Gasteiger partial charge is 0.479 e. The average molecular weight is 1170 g/mol. The number of rotatable bonds is 22. The minimum Gasteiger partial charge on any atom is -0.479 e. The summed E-state index contributed by atoms with van der Waals surface area (Å²) < 4.78 is 255. The van der Waals surface area contributed by atoms with Crippen molar-refractivity contribution in [3.8, 4) is 0 Å². The Bertz CT molecular complexity index is 2580. The Morgan fingerprint density at radius 2 is 0.859 bits per heavy atom. The minimum atomic E-state index is -6.15. The molecule has 4 aliphatic heterocycles. The van der Waals surface area contributed by atoms with Crippen LogP contribution in [0.1, 0.15) is 0 Å². The molecule has 0 saturated carbocycles. The van der Waals surface area contributed by atoms with E-state index in [0.29, 0.717) is 0 Å². The number of hydrogen-bond acceptors (Lipinski definition) is 31. The zero-order valence-corrected chi connectivity index (χ0v) is 38.8. The van der Waals surface area contributed by atoms with Crippen LogP contribution in [-0.2, 0) is 122 Å². The molecule has 0 spiro atoms. The van der Waals surface area contributed by atoms with Crippen molar-refractivity contribution in [1.82, 2.24) is 9.44 Å². The van der Waals surface area contributed by atoms with Crippen LogP contribution in [0.2, 0.25) is 0 Å². The molecular formula is C24H40N2O39S6. The Kier molecular flexibility index (Phi) is 19.7. The normalized spacial score (nSPS) is 39.2. The molecule has 16 N–H and O–H groups in total. The van der Waals surface area contributed by atoms with E-state index in [-0.39, 0.29) is 0 Å².